The number of hydrogen-bond donors (Lipinski definition) is 1. The largest absolute Gasteiger partial charge is 0.349 e. The zero-order valence-corrected chi connectivity index (χ0v) is 11.7. The van der Waals surface area contributed by atoms with E-state index in [4.69, 9.17) is 0 Å². The van der Waals surface area contributed by atoms with Crippen LogP contribution in [0.25, 0.3) is 0 Å². The SMILES string of the molecule is Cc1ccc([C@H](C)NC(=O)Cc2ccc(F)cc2)cc1. The van der Waals surface area contributed by atoms with Crippen LogP contribution in [0.15, 0.2) is 48.5 Å². The van der Waals surface area contributed by atoms with E-state index in [1.165, 1.54) is 17.7 Å². The molecule has 1 atom stereocenters. The molecule has 20 heavy (non-hydrogen) atoms. The van der Waals surface area contributed by atoms with Crippen molar-refractivity contribution in [3.8, 4) is 0 Å². The summed E-state index contributed by atoms with van der Waals surface area (Å²) in [6, 6.07) is 14.0. The molecular weight excluding hydrogens is 253 g/mol. The van der Waals surface area contributed by atoms with Crippen LogP contribution in [0.3, 0.4) is 0 Å². The Morgan fingerprint density at radius 1 is 1.10 bits per heavy atom. The third-order valence-corrected chi connectivity index (χ3v) is 3.23. The number of rotatable bonds is 4. The smallest absolute Gasteiger partial charge is 0.224 e. The number of aryl methyl sites for hydroxylation is 1. The monoisotopic (exact) mass is 271 g/mol. The maximum atomic E-state index is 12.8. The van der Waals surface area contributed by atoms with Crippen molar-refractivity contribution in [2.45, 2.75) is 26.3 Å². The second-order valence-corrected chi connectivity index (χ2v) is 5.00. The first-order chi connectivity index (χ1) is 9.54. The van der Waals surface area contributed by atoms with Gasteiger partial charge in [0.25, 0.3) is 0 Å². The van der Waals surface area contributed by atoms with Crippen LogP contribution in [0.1, 0.15) is 29.7 Å². The quantitative estimate of drug-likeness (QED) is 0.905. The fourth-order valence-corrected chi connectivity index (χ4v) is 2.02. The normalized spacial score (nSPS) is 11.9. The minimum Gasteiger partial charge on any atom is -0.349 e. The highest BCUT2D eigenvalue weighted by Gasteiger charge is 2.10. The molecule has 3 heteroatoms. The summed E-state index contributed by atoms with van der Waals surface area (Å²) in [4.78, 5) is 11.9. The Balaban J connectivity index is 1.93. The highest BCUT2D eigenvalue weighted by atomic mass is 19.1. The van der Waals surface area contributed by atoms with Gasteiger partial charge < -0.3 is 5.32 Å². The maximum Gasteiger partial charge on any atom is 0.224 e. The van der Waals surface area contributed by atoms with E-state index in [1.807, 2.05) is 38.1 Å². The van der Waals surface area contributed by atoms with Crippen LogP contribution in [-0.2, 0) is 11.2 Å². The Morgan fingerprint density at radius 3 is 2.30 bits per heavy atom. The van der Waals surface area contributed by atoms with Gasteiger partial charge in [0.1, 0.15) is 5.82 Å². The van der Waals surface area contributed by atoms with Crippen LogP contribution < -0.4 is 5.32 Å². The minimum absolute atomic E-state index is 0.0384. The van der Waals surface area contributed by atoms with Gasteiger partial charge in [0.2, 0.25) is 5.91 Å². The fraction of sp³-hybridized carbons (Fsp3) is 0.235. The van der Waals surface area contributed by atoms with Gasteiger partial charge in [-0.05, 0) is 37.1 Å². The van der Waals surface area contributed by atoms with E-state index < -0.39 is 0 Å². The molecule has 0 aliphatic carbocycles. The van der Waals surface area contributed by atoms with E-state index in [-0.39, 0.29) is 24.2 Å². The van der Waals surface area contributed by atoms with E-state index in [0.29, 0.717) is 0 Å². The molecular formula is C17H18FNO. The Labute approximate surface area is 118 Å². The van der Waals surface area contributed by atoms with E-state index in [1.54, 1.807) is 12.1 Å². The standard InChI is InChI=1S/C17H18FNO/c1-12-3-7-15(8-4-12)13(2)19-17(20)11-14-5-9-16(18)10-6-14/h3-10,13H,11H2,1-2H3,(H,19,20)/t13-/m0/s1. The average Bonchev–Trinajstić information content (AvgIpc) is 2.42. The third-order valence-electron chi connectivity index (χ3n) is 3.23. The fourth-order valence-electron chi connectivity index (χ4n) is 2.02. The summed E-state index contributed by atoms with van der Waals surface area (Å²) in [5, 5.41) is 2.95. The summed E-state index contributed by atoms with van der Waals surface area (Å²) < 4.78 is 12.8. The summed E-state index contributed by atoms with van der Waals surface area (Å²) in [6.45, 7) is 3.98. The molecule has 0 fully saturated rings. The molecule has 0 spiro atoms. The van der Waals surface area contributed by atoms with Gasteiger partial charge in [0, 0.05) is 0 Å². The lowest BCUT2D eigenvalue weighted by atomic mass is 10.1. The molecule has 1 N–H and O–H groups in total. The molecule has 0 aliphatic heterocycles. The van der Waals surface area contributed by atoms with Crippen molar-refractivity contribution in [3.05, 3.63) is 71.0 Å². The summed E-state index contributed by atoms with van der Waals surface area (Å²) in [6.07, 6.45) is 0.260. The Hall–Kier alpha value is -2.16. The van der Waals surface area contributed by atoms with Gasteiger partial charge in [0.05, 0.1) is 12.5 Å². The van der Waals surface area contributed by atoms with Crippen molar-refractivity contribution >= 4 is 5.91 Å². The van der Waals surface area contributed by atoms with Gasteiger partial charge >= 0.3 is 0 Å². The molecule has 0 radical (unpaired) electrons. The first kappa shape index (κ1) is 14.3. The highest BCUT2D eigenvalue weighted by molar-refractivity contribution is 5.79. The number of benzene rings is 2. The lowest BCUT2D eigenvalue weighted by Crippen LogP contribution is -2.28. The summed E-state index contributed by atoms with van der Waals surface area (Å²) in [7, 11) is 0. The van der Waals surface area contributed by atoms with E-state index in [2.05, 4.69) is 5.32 Å². The lowest BCUT2D eigenvalue weighted by molar-refractivity contribution is -0.121. The van der Waals surface area contributed by atoms with Gasteiger partial charge in [-0.3, -0.25) is 4.79 Å². The predicted octanol–water partition coefficient (Wildman–Crippen LogP) is 3.55. The number of carbonyl (C=O) groups is 1. The number of halogens is 1. The molecule has 0 unspecified atom stereocenters. The molecule has 1 amide bonds. The van der Waals surface area contributed by atoms with E-state index in [0.717, 1.165) is 11.1 Å². The number of hydrogen-bond acceptors (Lipinski definition) is 1. The van der Waals surface area contributed by atoms with Crippen molar-refractivity contribution in [2.24, 2.45) is 0 Å². The van der Waals surface area contributed by atoms with Crippen molar-refractivity contribution < 1.29 is 9.18 Å². The van der Waals surface area contributed by atoms with E-state index in [9.17, 15) is 9.18 Å². The third kappa shape index (κ3) is 3.92. The second-order valence-electron chi connectivity index (χ2n) is 5.00. The van der Waals surface area contributed by atoms with Crippen LogP contribution in [0, 0.1) is 12.7 Å². The first-order valence-corrected chi connectivity index (χ1v) is 6.65. The van der Waals surface area contributed by atoms with Crippen LogP contribution in [-0.4, -0.2) is 5.91 Å². The van der Waals surface area contributed by atoms with Crippen LogP contribution in [0.2, 0.25) is 0 Å². The number of amides is 1. The van der Waals surface area contributed by atoms with Gasteiger partial charge in [-0.15, -0.1) is 0 Å². The molecule has 2 aromatic rings. The molecule has 104 valence electrons. The first-order valence-electron chi connectivity index (χ1n) is 6.65. The van der Waals surface area contributed by atoms with Crippen molar-refractivity contribution in [2.75, 3.05) is 0 Å². The number of nitrogens with one attached hydrogen (secondary N) is 1. The topological polar surface area (TPSA) is 29.1 Å². The zero-order valence-electron chi connectivity index (χ0n) is 11.7. The lowest BCUT2D eigenvalue weighted by Gasteiger charge is -2.14. The molecule has 2 rings (SSSR count). The molecule has 0 heterocycles. The average molecular weight is 271 g/mol. The maximum absolute atomic E-state index is 12.8. The zero-order chi connectivity index (χ0) is 14.5. The Kier molecular flexibility index (Phi) is 4.51. The Morgan fingerprint density at radius 2 is 1.70 bits per heavy atom. The molecule has 0 aromatic heterocycles. The van der Waals surface area contributed by atoms with Gasteiger partial charge in [-0.25, -0.2) is 4.39 Å². The van der Waals surface area contributed by atoms with Crippen molar-refractivity contribution in [1.29, 1.82) is 0 Å². The summed E-state index contributed by atoms with van der Waals surface area (Å²) >= 11 is 0. The van der Waals surface area contributed by atoms with Crippen LogP contribution in [0.4, 0.5) is 4.39 Å². The van der Waals surface area contributed by atoms with Gasteiger partial charge in [0.15, 0.2) is 0 Å². The second kappa shape index (κ2) is 6.33. The van der Waals surface area contributed by atoms with Crippen molar-refractivity contribution in [3.63, 3.8) is 0 Å². The number of carbonyl (C=O) groups excluding carboxylic acids is 1. The Bertz CT molecular complexity index is 575. The summed E-state index contributed by atoms with van der Waals surface area (Å²) in [5.74, 6) is -0.355. The molecule has 0 aliphatic rings. The van der Waals surface area contributed by atoms with E-state index >= 15 is 0 Å². The minimum atomic E-state index is -0.290. The van der Waals surface area contributed by atoms with Gasteiger partial charge in [-0.2, -0.15) is 0 Å². The highest BCUT2D eigenvalue weighted by Crippen LogP contribution is 2.13. The molecule has 0 saturated carbocycles. The molecule has 0 bridgehead atoms. The molecule has 2 nitrogen and oxygen atoms in total. The van der Waals surface area contributed by atoms with Crippen LogP contribution >= 0.6 is 0 Å². The molecule has 2 aromatic carbocycles. The van der Waals surface area contributed by atoms with Crippen LogP contribution in [0.5, 0.6) is 0 Å². The summed E-state index contributed by atoms with van der Waals surface area (Å²) in [5.41, 5.74) is 3.07. The predicted molar refractivity (Wildman–Crippen MR) is 77.8 cm³/mol. The van der Waals surface area contributed by atoms with Crippen molar-refractivity contribution in [1.82, 2.24) is 5.32 Å². The van der Waals surface area contributed by atoms with Gasteiger partial charge in [-0.1, -0.05) is 42.0 Å². The molecule has 0 saturated heterocycles.